The van der Waals surface area contributed by atoms with E-state index < -0.39 is 0 Å². The quantitative estimate of drug-likeness (QED) is 0.830. The fourth-order valence-electron chi connectivity index (χ4n) is 6.41. The molecule has 4 aliphatic carbocycles. The van der Waals surface area contributed by atoms with Crippen molar-refractivity contribution < 1.29 is 14.4 Å². The first-order valence-electron chi connectivity index (χ1n) is 10.3. The standard InChI is InChI=1S/C22H26N2O3/c1-12-6-17(2-3-18(12)24-19(25)4-5-20(24)26)23-22(27)21-15-8-13-7-14(10-15)11-16(21)9-13/h2-3,6,13-16,21H,4-5,7-11H2,1H3,(H,23,27). The molecule has 5 nitrogen and oxygen atoms in total. The Bertz CT molecular complexity index is 787. The third-order valence-corrected chi connectivity index (χ3v) is 7.29. The number of aryl methyl sites for hydroxylation is 1. The zero-order valence-electron chi connectivity index (χ0n) is 15.7. The van der Waals surface area contributed by atoms with Crippen LogP contribution in [0.4, 0.5) is 11.4 Å². The van der Waals surface area contributed by atoms with Gasteiger partial charge in [-0.25, -0.2) is 0 Å². The van der Waals surface area contributed by atoms with Crippen molar-refractivity contribution in [2.24, 2.45) is 29.6 Å². The highest BCUT2D eigenvalue weighted by Gasteiger charge is 2.50. The number of rotatable bonds is 3. The van der Waals surface area contributed by atoms with Crippen molar-refractivity contribution in [3.05, 3.63) is 23.8 Å². The van der Waals surface area contributed by atoms with E-state index in [0.29, 0.717) is 17.5 Å². The molecule has 5 heteroatoms. The smallest absolute Gasteiger partial charge is 0.234 e. The zero-order valence-corrected chi connectivity index (χ0v) is 15.7. The Kier molecular flexibility index (Phi) is 3.88. The Morgan fingerprint density at radius 3 is 2.11 bits per heavy atom. The molecule has 142 valence electrons. The van der Waals surface area contributed by atoms with Crippen LogP contribution in [0.25, 0.3) is 0 Å². The largest absolute Gasteiger partial charge is 0.326 e. The Morgan fingerprint density at radius 2 is 1.56 bits per heavy atom. The van der Waals surface area contributed by atoms with E-state index in [1.807, 2.05) is 19.1 Å². The summed E-state index contributed by atoms with van der Waals surface area (Å²) in [7, 11) is 0. The first kappa shape index (κ1) is 17.0. The van der Waals surface area contributed by atoms with Crippen LogP contribution in [0, 0.1) is 36.5 Å². The highest BCUT2D eigenvalue weighted by Crippen LogP contribution is 2.56. The van der Waals surface area contributed by atoms with E-state index >= 15 is 0 Å². The number of carbonyl (C=O) groups is 3. The highest BCUT2D eigenvalue weighted by molar-refractivity contribution is 6.20. The number of amides is 3. The zero-order chi connectivity index (χ0) is 18.7. The average molecular weight is 366 g/mol. The first-order chi connectivity index (χ1) is 13.0. The summed E-state index contributed by atoms with van der Waals surface area (Å²) in [6.07, 6.45) is 6.84. The monoisotopic (exact) mass is 366 g/mol. The van der Waals surface area contributed by atoms with Crippen molar-refractivity contribution >= 4 is 29.1 Å². The molecule has 5 fully saturated rings. The number of nitrogens with zero attached hydrogens (tertiary/aromatic N) is 1. The minimum Gasteiger partial charge on any atom is -0.326 e. The van der Waals surface area contributed by atoms with E-state index in [2.05, 4.69) is 5.32 Å². The van der Waals surface area contributed by atoms with Crippen molar-refractivity contribution in [3.63, 3.8) is 0 Å². The molecule has 0 aromatic heterocycles. The molecule has 1 aliphatic heterocycles. The second kappa shape index (κ2) is 6.18. The van der Waals surface area contributed by atoms with Crippen LogP contribution in [0.2, 0.25) is 0 Å². The van der Waals surface area contributed by atoms with Gasteiger partial charge in [0.2, 0.25) is 17.7 Å². The average Bonchev–Trinajstić information content (AvgIpc) is 2.93. The van der Waals surface area contributed by atoms with Gasteiger partial charge >= 0.3 is 0 Å². The molecule has 6 rings (SSSR count). The third kappa shape index (κ3) is 2.79. The molecule has 4 saturated carbocycles. The van der Waals surface area contributed by atoms with Gasteiger partial charge < -0.3 is 5.32 Å². The van der Waals surface area contributed by atoms with Gasteiger partial charge in [-0.15, -0.1) is 0 Å². The topological polar surface area (TPSA) is 66.5 Å². The maximum absolute atomic E-state index is 13.0. The molecular weight excluding hydrogens is 340 g/mol. The predicted molar refractivity (Wildman–Crippen MR) is 102 cm³/mol. The number of hydrogen-bond donors (Lipinski definition) is 1. The van der Waals surface area contributed by atoms with Gasteiger partial charge in [0, 0.05) is 24.4 Å². The van der Waals surface area contributed by atoms with Crippen LogP contribution in [0.5, 0.6) is 0 Å². The fourth-order valence-corrected chi connectivity index (χ4v) is 6.41. The number of benzene rings is 1. The lowest BCUT2D eigenvalue weighted by atomic mass is 9.51. The van der Waals surface area contributed by atoms with Crippen molar-refractivity contribution in [3.8, 4) is 0 Å². The van der Waals surface area contributed by atoms with Gasteiger partial charge in [0.25, 0.3) is 0 Å². The molecule has 0 spiro atoms. The minimum atomic E-state index is -0.145. The van der Waals surface area contributed by atoms with Crippen LogP contribution in [0.3, 0.4) is 0 Å². The van der Waals surface area contributed by atoms with E-state index in [-0.39, 0.29) is 36.5 Å². The number of carbonyl (C=O) groups excluding carboxylic acids is 3. The fraction of sp³-hybridized carbons (Fsp3) is 0.591. The Hall–Kier alpha value is -2.17. The summed E-state index contributed by atoms with van der Waals surface area (Å²) in [5, 5.41) is 3.12. The van der Waals surface area contributed by atoms with E-state index in [9.17, 15) is 14.4 Å². The second-order valence-electron chi connectivity index (χ2n) is 9.07. The minimum absolute atomic E-state index is 0.145. The number of hydrogen-bond acceptors (Lipinski definition) is 3. The normalized spacial score (nSPS) is 34.4. The Balaban J connectivity index is 1.33. The predicted octanol–water partition coefficient (Wildman–Crippen LogP) is 3.66. The van der Waals surface area contributed by atoms with Gasteiger partial charge in [-0.3, -0.25) is 19.3 Å². The van der Waals surface area contributed by atoms with Gasteiger partial charge in [-0.2, -0.15) is 0 Å². The molecule has 0 radical (unpaired) electrons. The van der Waals surface area contributed by atoms with Crippen LogP contribution in [0.1, 0.15) is 50.5 Å². The first-order valence-corrected chi connectivity index (χ1v) is 10.3. The van der Waals surface area contributed by atoms with Gasteiger partial charge in [0.05, 0.1) is 5.69 Å². The molecule has 1 aromatic carbocycles. The molecule has 4 bridgehead atoms. The Morgan fingerprint density at radius 1 is 0.963 bits per heavy atom. The summed E-state index contributed by atoms with van der Waals surface area (Å²) >= 11 is 0. The van der Waals surface area contributed by atoms with E-state index in [0.717, 1.165) is 23.1 Å². The van der Waals surface area contributed by atoms with Gasteiger partial charge in [0.15, 0.2) is 0 Å². The number of nitrogens with one attached hydrogen (secondary N) is 1. The molecule has 1 saturated heterocycles. The molecule has 5 aliphatic rings. The van der Waals surface area contributed by atoms with E-state index in [4.69, 9.17) is 0 Å². The summed E-state index contributed by atoms with van der Waals surface area (Å²) < 4.78 is 0. The maximum atomic E-state index is 13.0. The lowest BCUT2D eigenvalue weighted by Crippen LogP contribution is -2.49. The molecule has 27 heavy (non-hydrogen) atoms. The van der Waals surface area contributed by atoms with Crippen molar-refractivity contribution in [1.82, 2.24) is 0 Å². The molecule has 0 unspecified atom stereocenters. The lowest BCUT2D eigenvalue weighted by molar-refractivity contribution is -0.132. The van der Waals surface area contributed by atoms with Gasteiger partial charge in [-0.05, 0) is 86.5 Å². The van der Waals surface area contributed by atoms with Crippen molar-refractivity contribution in [1.29, 1.82) is 0 Å². The van der Waals surface area contributed by atoms with Gasteiger partial charge in [-0.1, -0.05) is 0 Å². The molecule has 1 aromatic rings. The highest BCUT2D eigenvalue weighted by atomic mass is 16.2. The molecule has 3 amide bonds. The van der Waals surface area contributed by atoms with E-state index in [1.165, 1.54) is 37.0 Å². The Labute approximate surface area is 159 Å². The van der Waals surface area contributed by atoms with Crippen LogP contribution in [0.15, 0.2) is 18.2 Å². The van der Waals surface area contributed by atoms with Gasteiger partial charge in [0.1, 0.15) is 0 Å². The molecular formula is C22H26N2O3. The lowest BCUT2D eigenvalue weighted by Gasteiger charge is -2.53. The summed E-state index contributed by atoms with van der Waals surface area (Å²) in [5.41, 5.74) is 2.23. The number of anilines is 2. The van der Waals surface area contributed by atoms with Crippen LogP contribution < -0.4 is 10.2 Å². The summed E-state index contributed by atoms with van der Waals surface area (Å²) in [6.45, 7) is 1.88. The molecule has 0 atom stereocenters. The summed E-state index contributed by atoms with van der Waals surface area (Å²) in [6, 6.07) is 5.47. The SMILES string of the molecule is Cc1cc(NC(=O)C2C3CC4CC(C3)CC2C4)ccc1N1C(=O)CCC1=O. The number of imide groups is 1. The molecule has 1 heterocycles. The van der Waals surface area contributed by atoms with Crippen molar-refractivity contribution in [2.45, 2.75) is 51.9 Å². The van der Waals surface area contributed by atoms with Crippen LogP contribution in [-0.2, 0) is 14.4 Å². The second-order valence-corrected chi connectivity index (χ2v) is 9.07. The van der Waals surface area contributed by atoms with Crippen molar-refractivity contribution in [2.75, 3.05) is 10.2 Å². The van der Waals surface area contributed by atoms with E-state index in [1.54, 1.807) is 6.07 Å². The summed E-state index contributed by atoms with van der Waals surface area (Å²) in [4.78, 5) is 38.3. The molecule has 1 N–H and O–H groups in total. The van der Waals surface area contributed by atoms with Crippen LogP contribution in [-0.4, -0.2) is 17.7 Å². The third-order valence-electron chi connectivity index (χ3n) is 7.29. The maximum Gasteiger partial charge on any atom is 0.234 e. The summed E-state index contributed by atoms with van der Waals surface area (Å²) in [5.74, 6) is 2.84. The van der Waals surface area contributed by atoms with Crippen LogP contribution >= 0.6 is 0 Å².